The predicted molar refractivity (Wildman–Crippen MR) is 59.2 cm³/mol. The van der Waals surface area contributed by atoms with Crippen molar-refractivity contribution in [1.29, 1.82) is 0 Å². The van der Waals surface area contributed by atoms with Crippen LogP contribution in [0.15, 0.2) is 36.7 Å². The Bertz CT molecular complexity index is 489. The molecule has 1 fully saturated rings. The lowest BCUT2D eigenvalue weighted by atomic mass is 10.1. The molecule has 4 heteroatoms. The largest absolute Gasteiger partial charge is 0.390 e. The summed E-state index contributed by atoms with van der Waals surface area (Å²) in [6.45, 7) is 0. The van der Waals surface area contributed by atoms with E-state index in [4.69, 9.17) is 0 Å². The zero-order valence-electron chi connectivity index (χ0n) is 8.87. The molecule has 0 saturated heterocycles. The van der Waals surface area contributed by atoms with Gasteiger partial charge in [0.15, 0.2) is 0 Å². The van der Waals surface area contributed by atoms with Gasteiger partial charge in [0.05, 0.1) is 23.7 Å². The molecule has 82 valence electrons. The molecule has 0 spiro atoms. The molecule has 3 rings (SSSR count). The van der Waals surface area contributed by atoms with E-state index in [1.165, 1.54) is 0 Å². The maximum atomic E-state index is 9.87. The second-order valence-corrected chi connectivity index (χ2v) is 4.42. The van der Waals surface area contributed by atoms with Crippen LogP contribution in [-0.2, 0) is 6.42 Å². The zero-order valence-corrected chi connectivity index (χ0v) is 8.87. The highest BCUT2D eigenvalue weighted by Crippen LogP contribution is 2.38. The highest BCUT2D eigenvalue weighted by molar-refractivity contribution is 5.35. The first-order valence-corrected chi connectivity index (χ1v) is 5.43. The fraction of sp³-hybridized carbons (Fsp3) is 0.333. The Balaban J connectivity index is 1.88. The van der Waals surface area contributed by atoms with Crippen molar-refractivity contribution in [1.82, 2.24) is 15.0 Å². The molecule has 1 aliphatic rings. The lowest BCUT2D eigenvalue weighted by Gasteiger charge is -2.08. The van der Waals surface area contributed by atoms with Gasteiger partial charge >= 0.3 is 0 Å². The average Bonchev–Trinajstić information content (AvgIpc) is 2.84. The summed E-state index contributed by atoms with van der Waals surface area (Å²) < 4.78 is 1.72. The number of hydrogen-bond donors (Lipinski definition) is 1. The van der Waals surface area contributed by atoms with Crippen LogP contribution < -0.4 is 0 Å². The topological polar surface area (TPSA) is 50.9 Å². The number of rotatable bonds is 3. The van der Waals surface area contributed by atoms with Gasteiger partial charge in [0.25, 0.3) is 0 Å². The van der Waals surface area contributed by atoms with Gasteiger partial charge in [-0.1, -0.05) is 17.3 Å². The van der Waals surface area contributed by atoms with Crippen LogP contribution in [0.1, 0.15) is 18.4 Å². The number of hydrogen-bond acceptors (Lipinski definition) is 3. The van der Waals surface area contributed by atoms with E-state index in [0.717, 1.165) is 30.5 Å². The summed E-state index contributed by atoms with van der Waals surface area (Å²) in [7, 11) is 0. The third kappa shape index (κ3) is 1.84. The van der Waals surface area contributed by atoms with Crippen molar-refractivity contribution < 1.29 is 5.11 Å². The molecule has 1 aromatic heterocycles. The van der Waals surface area contributed by atoms with E-state index in [1.54, 1.807) is 10.9 Å². The molecule has 0 radical (unpaired) electrons. The van der Waals surface area contributed by atoms with Crippen molar-refractivity contribution in [2.75, 3.05) is 0 Å². The van der Waals surface area contributed by atoms with Gasteiger partial charge in [0.2, 0.25) is 0 Å². The molecule has 1 N–H and O–H groups in total. The monoisotopic (exact) mass is 215 g/mol. The second kappa shape index (κ2) is 3.42. The number of nitrogens with zero attached hydrogens (tertiary/aromatic N) is 3. The van der Waals surface area contributed by atoms with Crippen molar-refractivity contribution in [2.24, 2.45) is 0 Å². The lowest BCUT2D eigenvalue weighted by Crippen LogP contribution is -2.10. The predicted octanol–water partition coefficient (Wildman–Crippen LogP) is 1.33. The minimum absolute atomic E-state index is 0.443. The minimum Gasteiger partial charge on any atom is -0.390 e. The minimum atomic E-state index is -0.443. The summed E-state index contributed by atoms with van der Waals surface area (Å²) in [6.07, 6.45) is 6.03. The molecule has 0 atom stereocenters. The maximum absolute atomic E-state index is 9.87. The third-order valence-corrected chi connectivity index (χ3v) is 2.96. The molecule has 0 amide bonds. The molecule has 1 heterocycles. The zero-order chi connectivity index (χ0) is 11.0. The Hall–Kier alpha value is -1.68. The first-order chi connectivity index (χ1) is 7.75. The number of aromatic nitrogens is 3. The molecule has 2 aromatic rings. The van der Waals surface area contributed by atoms with Crippen LogP contribution in [0.4, 0.5) is 0 Å². The van der Waals surface area contributed by atoms with Crippen molar-refractivity contribution >= 4 is 0 Å². The van der Waals surface area contributed by atoms with Gasteiger partial charge in [-0.15, -0.1) is 5.10 Å². The Labute approximate surface area is 93.5 Å². The van der Waals surface area contributed by atoms with Crippen molar-refractivity contribution in [3.05, 3.63) is 42.2 Å². The van der Waals surface area contributed by atoms with Gasteiger partial charge in [-0.25, -0.2) is 4.68 Å². The van der Waals surface area contributed by atoms with Crippen LogP contribution in [-0.4, -0.2) is 25.7 Å². The van der Waals surface area contributed by atoms with E-state index in [1.807, 2.05) is 30.5 Å². The van der Waals surface area contributed by atoms with Gasteiger partial charge in [-0.3, -0.25) is 0 Å². The standard InChI is InChI=1S/C12H13N3O/c16-12(4-5-12)9-10-2-1-3-11(8-10)15-7-6-13-14-15/h1-3,6-8,16H,4-5,9H2. The SMILES string of the molecule is OC1(Cc2cccc(-n3ccnn3)c2)CC1. The van der Waals surface area contributed by atoms with E-state index in [9.17, 15) is 5.11 Å². The fourth-order valence-corrected chi connectivity index (χ4v) is 1.86. The lowest BCUT2D eigenvalue weighted by molar-refractivity contribution is 0.151. The van der Waals surface area contributed by atoms with Crippen molar-refractivity contribution in [3.8, 4) is 5.69 Å². The van der Waals surface area contributed by atoms with Gasteiger partial charge in [-0.05, 0) is 30.5 Å². The summed E-state index contributed by atoms with van der Waals surface area (Å²) >= 11 is 0. The summed E-state index contributed by atoms with van der Waals surface area (Å²) in [5.74, 6) is 0. The van der Waals surface area contributed by atoms with Crippen LogP contribution in [0.2, 0.25) is 0 Å². The molecular weight excluding hydrogens is 202 g/mol. The highest BCUT2D eigenvalue weighted by Gasteiger charge is 2.40. The number of aliphatic hydroxyl groups is 1. The van der Waals surface area contributed by atoms with Crippen LogP contribution in [0.5, 0.6) is 0 Å². The van der Waals surface area contributed by atoms with Crippen molar-refractivity contribution in [3.63, 3.8) is 0 Å². The van der Waals surface area contributed by atoms with Crippen LogP contribution in [0, 0.1) is 0 Å². The van der Waals surface area contributed by atoms with Gasteiger partial charge in [0.1, 0.15) is 0 Å². The van der Waals surface area contributed by atoms with E-state index < -0.39 is 5.60 Å². The Morgan fingerprint density at radius 3 is 2.94 bits per heavy atom. The molecule has 0 bridgehead atoms. The summed E-state index contributed by atoms with van der Waals surface area (Å²) in [6, 6.07) is 8.05. The van der Waals surface area contributed by atoms with Gasteiger partial charge in [0, 0.05) is 6.42 Å². The first kappa shape index (κ1) is 9.54. The first-order valence-electron chi connectivity index (χ1n) is 5.43. The van der Waals surface area contributed by atoms with E-state index >= 15 is 0 Å². The molecule has 0 aliphatic heterocycles. The van der Waals surface area contributed by atoms with E-state index in [0.29, 0.717) is 0 Å². The second-order valence-electron chi connectivity index (χ2n) is 4.42. The molecule has 1 aromatic carbocycles. The van der Waals surface area contributed by atoms with Crippen LogP contribution in [0.3, 0.4) is 0 Å². The summed E-state index contributed by atoms with van der Waals surface area (Å²) in [5.41, 5.74) is 1.69. The molecule has 16 heavy (non-hydrogen) atoms. The highest BCUT2D eigenvalue weighted by atomic mass is 16.3. The van der Waals surface area contributed by atoms with E-state index in [2.05, 4.69) is 10.3 Å². The molecule has 0 unspecified atom stereocenters. The Kier molecular flexibility index (Phi) is 2.04. The number of benzene rings is 1. The summed E-state index contributed by atoms with van der Waals surface area (Å²) in [4.78, 5) is 0. The van der Waals surface area contributed by atoms with Crippen molar-refractivity contribution in [2.45, 2.75) is 24.9 Å². The smallest absolute Gasteiger partial charge is 0.0697 e. The normalized spacial score (nSPS) is 17.3. The van der Waals surface area contributed by atoms with Crippen LogP contribution >= 0.6 is 0 Å². The molecule has 4 nitrogen and oxygen atoms in total. The van der Waals surface area contributed by atoms with E-state index in [-0.39, 0.29) is 0 Å². The molecular formula is C12H13N3O. The molecule has 1 aliphatic carbocycles. The third-order valence-electron chi connectivity index (χ3n) is 2.96. The maximum Gasteiger partial charge on any atom is 0.0697 e. The Morgan fingerprint density at radius 1 is 1.38 bits per heavy atom. The quantitative estimate of drug-likeness (QED) is 0.840. The van der Waals surface area contributed by atoms with Gasteiger partial charge < -0.3 is 5.11 Å². The fourth-order valence-electron chi connectivity index (χ4n) is 1.86. The Morgan fingerprint density at radius 2 is 2.25 bits per heavy atom. The average molecular weight is 215 g/mol. The summed E-state index contributed by atoms with van der Waals surface area (Å²) in [5, 5.41) is 17.6. The van der Waals surface area contributed by atoms with Crippen LogP contribution in [0.25, 0.3) is 5.69 Å². The molecule has 1 saturated carbocycles. The van der Waals surface area contributed by atoms with Gasteiger partial charge in [-0.2, -0.15) is 0 Å².